The highest BCUT2D eigenvalue weighted by Crippen LogP contribution is 2.43. The zero-order valence-corrected chi connectivity index (χ0v) is 8.41. The average Bonchev–Trinajstić information content (AvgIpc) is 2.53. The largest absolute Gasteiger partial charge is 0.237 e. The van der Waals surface area contributed by atoms with E-state index in [9.17, 15) is 0 Å². The van der Waals surface area contributed by atoms with Crippen molar-refractivity contribution in [1.29, 1.82) is 0 Å². The van der Waals surface area contributed by atoms with Gasteiger partial charge in [-0.2, -0.15) is 0 Å². The second-order valence-electron chi connectivity index (χ2n) is 4.37. The highest BCUT2D eigenvalue weighted by molar-refractivity contribution is 5.24. The Morgan fingerprint density at radius 1 is 1.42 bits per heavy atom. The predicted molar refractivity (Wildman–Crippen MR) is 50.6 cm³/mol. The standard InChI is InChI=1S/C10H18N2/c1-8(2)10-6-5-9(7-10)11(3)12(10)4/h5-6,8-9H,7H2,1-4H3. The smallest absolute Gasteiger partial charge is 0.0574 e. The summed E-state index contributed by atoms with van der Waals surface area (Å²) in [5.41, 5.74) is 0.319. The van der Waals surface area contributed by atoms with Gasteiger partial charge in [-0.3, -0.25) is 0 Å². The van der Waals surface area contributed by atoms with Crippen molar-refractivity contribution in [2.24, 2.45) is 5.92 Å². The summed E-state index contributed by atoms with van der Waals surface area (Å²) >= 11 is 0. The van der Waals surface area contributed by atoms with Gasteiger partial charge in [-0.1, -0.05) is 26.0 Å². The van der Waals surface area contributed by atoms with E-state index in [1.54, 1.807) is 0 Å². The van der Waals surface area contributed by atoms with Crippen LogP contribution in [-0.4, -0.2) is 35.7 Å². The van der Waals surface area contributed by atoms with Gasteiger partial charge < -0.3 is 0 Å². The van der Waals surface area contributed by atoms with Crippen molar-refractivity contribution >= 4 is 0 Å². The summed E-state index contributed by atoms with van der Waals surface area (Å²) in [6, 6.07) is 0.650. The van der Waals surface area contributed by atoms with Gasteiger partial charge in [0, 0.05) is 20.1 Å². The van der Waals surface area contributed by atoms with Crippen molar-refractivity contribution < 1.29 is 0 Å². The Bertz CT molecular complexity index is 222. The molecule has 0 amide bonds. The molecule has 2 aliphatic rings. The number of fused-ring (bicyclic) bond motifs is 2. The first-order chi connectivity index (χ1) is 5.58. The van der Waals surface area contributed by atoms with Crippen LogP contribution in [0.25, 0.3) is 0 Å². The summed E-state index contributed by atoms with van der Waals surface area (Å²) in [7, 11) is 4.38. The minimum atomic E-state index is 0.319. The van der Waals surface area contributed by atoms with Crippen LogP contribution in [0.5, 0.6) is 0 Å². The van der Waals surface area contributed by atoms with Crippen molar-refractivity contribution in [1.82, 2.24) is 10.0 Å². The molecule has 2 bridgehead atoms. The SMILES string of the molecule is CC(C)C12C=CC(C1)N(C)N2C. The fourth-order valence-electron chi connectivity index (χ4n) is 2.56. The predicted octanol–water partition coefficient (Wildman–Crippen LogP) is 1.50. The fraction of sp³-hybridized carbons (Fsp3) is 0.800. The molecule has 0 radical (unpaired) electrons. The van der Waals surface area contributed by atoms with Crippen LogP contribution < -0.4 is 0 Å². The molecule has 0 aromatic rings. The first-order valence-corrected chi connectivity index (χ1v) is 4.74. The van der Waals surface area contributed by atoms with Gasteiger partial charge in [-0.05, 0) is 12.3 Å². The zero-order chi connectivity index (χ0) is 8.93. The number of hydrazine groups is 1. The topological polar surface area (TPSA) is 6.48 Å². The molecular weight excluding hydrogens is 148 g/mol. The lowest BCUT2D eigenvalue weighted by atomic mass is 9.86. The fourth-order valence-corrected chi connectivity index (χ4v) is 2.56. The Labute approximate surface area is 74.8 Å². The molecule has 0 spiro atoms. The first-order valence-electron chi connectivity index (χ1n) is 4.74. The molecule has 12 heavy (non-hydrogen) atoms. The normalized spacial score (nSPS) is 41.9. The van der Waals surface area contributed by atoms with E-state index in [1.165, 1.54) is 6.42 Å². The molecule has 2 rings (SSSR count). The van der Waals surface area contributed by atoms with E-state index in [0.717, 1.165) is 0 Å². The number of nitrogens with zero attached hydrogens (tertiary/aromatic N) is 2. The van der Waals surface area contributed by atoms with Gasteiger partial charge in [0.05, 0.1) is 5.54 Å². The molecule has 0 aromatic carbocycles. The van der Waals surface area contributed by atoms with Crippen LogP contribution in [0.3, 0.4) is 0 Å². The van der Waals surface area contributed by atoms with Gasteiger partial charge in [-0.25, -0.2) is 10.0 Å². The highest BCUT2D eigenvalue weighted by Gasteiger charge is 2.50. The molecule has 1 aliphatic carbocycles. The van der Waals surface area contributed by atoms with Crippen LogP contribution in [-0.2, 0) is 0 Å². The van der Waals surface area contributed by atoms with Crippen molar-refractivity contribution in [3.8, 4) is 0 Å². The minimum Gasteiger partial charge on any atom is -0.237 e. The van der Waals surface area contributed by atoms with Crippen molar-refractivity contribution in [3.05, 3.63) is 12.2 Å². The summed E-state index contributed by atoms with van der Waals surface area (Å²) in [4.78, 5) is 0. The Morgan fingerprint density at radius 3 is 2.42 bits per heavy atom. The third kappa shape index (κ3) is 0.771. The molecule has 2 heteroatoms. The first kappa shape index (κ1) is 8.27. The van der Waals surface area contributed by atoms with Gasteiger partial charge in [0.25, 0.3) is 0 Å². The van der Waals surface area contributed by atoms with Gasteiger partial charge in [0.2, 0.25) is 0 Å². The van der Waals surface area contributed by atoms with Gasteiger partial charge in [-0.15, -0.1) is 0 Å². The van der Waals surface area contributed by atoms with Crippen LogP contribution in [0.2, 0.25) is 0 Å². The summed E-state index contributed by atoms with van der Waals surface area (Å²) in [5, 5.41) is 4.74. The monoisotopic (exact) mass is 166 g/mol. The molecule has 1 saturated heterocycles. The third-order valence-corrected chi connectivity index (χ3v) is 3.70. The zero-order valence-electron chi connectivity index (χ0n) is 8.41. The van der Waals surface area contributed by atoms with Gasteiger partial charge >= 0.3 is 0 Å². The summed E-state index contributed by atoms with van der Waals surface area (Å²) in [6.45, 7) is 4.62. The van der Waals surface area contributed by atoms with Crippen molar-refractivity contribution in [3.63, 3.8) is 0 Å². The Morgan fingerprint density at radius 2 is 2.08 bits per heavy atom. The molecule has 2 nitrogen and oxygen atoms in total. The average molecular weight is 166 g/mol. The van der Waals surface area contributed by atoms with E-state index in [2.05, 4.69) is 50.1 Å². The molecule has 68 valence electrons. The maximum absolute atomic E-state index is 2.39. The molecule has 1 fully saturated rings. The number of rotatable bonds is 1. The molecular formula is C10H18N2. The lowest BCUT2D eigenvalue weighted by Crippen LogP contribution is -2.50. The van der Waals surface area contributed by atoms with E-state index in [0.29, 0.717) is 17.5 Å². The number of likely N-dealkylation sites (N-methyl/N-ethyl adjacent to an activating group) is 2. The summed E-state index contributed by atoms with van der Waals surface area (Å²) in [6.07, 6.45) is 6.01. The number of hydrogen-bond acceptors (Lipinski definition) is 2. The summed E-state index contributed by atoms with van der Waals surface area (Å²) in [5.74, 6) is 0.702. The van der Waals surface area contributed by atoms with Crippen LogP contribution in [0.15, 0.2) is 12.2 Å². The molecule has 2 atom stereocenters. The molecule has 1 heterocycles. The van der Waals surface area contributed by atoms with Crippen LogP contribution in [0.1, 0.15) is 20.3 Å². The quantitative estimate of drug-likeness (QED) is 0.545. The lowest BCUT2D eigenvalue weighted by Gasteiger charge is -2.40. The second kappa shape index (κ2) is 2.33. The van der Waals surface area contributed by atoms with Crippen LogP contribution in [0, 0.1) is 5.92 Å². The van der Waals surface area contributed by atoms with Crippen molar-refractivity contribution in [2.45, 2.75) is 31.8 Å². The summed E-state index contributed by atoms with van der Waals surface area (Å²) < 4.78 is 0. The molecule has 1 aliphatic heterocycles. The van der Waals surface area contributed by atoms with Gasteiger partial charge in [0.15, 0.2) is 0 Å². The minimum absolute atomic E-state index is 0.319. The molecule has 2 unspecified atom stereocenters. The van der Waals surface area contributed by atoms with E-state index in [1.807, 2.05) is 0 Å². The Hall–Kier alpha value is -0.340. The highest BCUT2D eigenvalue weighted by atomic mass is 15.7. The number of hydrogen-bond donors (Lipinski definition) is 0. The van der Waals surface area contributed by atoms with Gasteiger partial charge in [0.1, 0.15) is 0 Å². The maximum Gasteiger partial charge on any atom is 0.0574 e. The van der Waals surface area contributed by atoms with E-state index in [-0.39, 0.29) is 0 Å². The molecule has 0 saturated carbocycles. The maximum atomic E-state index is 2.39. The molecule has 0 N–H and O–H groups in total. The van der Waals surface area contributed by atoms with Crippen LogP contribution in [0.4, 0.5) is 0 Å². The van der Waals surface area contributed by atoms with E-state index in [4.69, 9.17) is 0 Å². The van der Waals surface area contributed by atoms with Crippen LogP contribution >= 0.6 is 0 Å². The van der Waals surface area contributed by atoms with Crippen molar-refractivity contribution in [2.75, 3.05) is 14.1 Å². The van der Waals surface area contributed by atoms with E-state index < -0.39 is 0 Å². The molecule has 0 aromatic heterocycles. The Balaban J connectivity index is 2.34. The Kier molecular flexibility index (Phi) is 1.61. The van der Waals surface area contributed by atoms with E-state index >= 15 is 0 Å². The lowest BCUT2D eigenvalue weighted by molar-refractivity contribution is -0.0187. The second-order valence-corrected chi connectivity index (χ2v) is 4.37. The third-order valence-electron chi connectivity index (χ3n) is 3.70.